The van der Waals surface area contributed by atoms with Crippen molar-refractivity contribution in [2.24, 2.45) is 11.8 Å². The first-order chi connectivity index (χ1) is 22.5. The van der Waals surface area contributed by atoms with Gasteiger partial charge in [-0.05, 0) is 24.7 Å². The molecule has 0 heterocycles. The summed E-state index contributed by atoms with van der Waals surface area (Å²) in [5.74, 6) is 0.703. The van der Waals surface area contributed by atoms with Gasteiger partial charge in [0.2, 0.25) is 0 Å². The molecule has 0 aliphatic rings. The lowest BCUT2D eigenvalue weighted by atomic mass is 9.99. The molecule has 0 amide bonds. The molecule has 3 N–H and O–H groups in total. The maximum atomic E-state index is 12.5. The lowest BCUT2D eigenvalue weighted by molar-refractivity contribution is -0.161. The first kappa shape index (κ1) is 46.0. The summed E-state index contributed by atoms with van der Waals surface area (Å²) in [6, 6.07) is 0. The second-order valence-electron chi connectivity index (χ2n) is 13.5. The minimum absolute atomic E-state index is 0.188. The van der Waals surface area contributed by atoms with E-state index in [1.807, 2.05) is 0 Å². The smallest absolute Gasteiger partial charge is 0.462 e. The fourth-order valence-electron chi connectivity index (χ4n) is 5.12. The molecule has 3 unspecified atom stereocenters. The molecular formula is C36H71O10P. The zero-order valence-corrected chi connectivity index (χ0v) is 31.2. The third-order valence-electron chi connectivity index (χ3n) is 8.84. The molecule has 0 saturated heterocycles. The number of esters is 2. The maximum Gasteiger partial charge on any atom is 0.472 e. The van der Waals surface area contributed by atoms with Gasteiger partial charge in [0, 0.05) is 12.8 Å². The van der Waals surface area contributed by atoms with Gasteiger partial charge in [0.25, 0.3) is 0 Å². The van der Waals surface area contributed by atoms with Crippen molar-refractivity contribution in [2.45, 2.75) is 181 Å². The van der Waals surface area contributed by atoms with Gasteiger partial charge in [-0.15, -0.1) is 0 Å². The normalized spacial score (nSPS) is 15.5. The van der Waals surface area contributed by atoms with Gasteiger partial charge in [0.05, 0.1) is 19.8 Å². The van der Waals surface area contributed by atoms with E-state index in [1.165, 1.54) is 77.0 Å². The Labute approximate surface area is 286 Å². The molecular weight excluding hydrogens is 623 g/mol. The van der Waals surface area contributed by atoms with Gasteiger partial charge >= 0.3 is 19.8 Å². The van der Waals surface area contributed by atoms with E-state index in [9.17, 15) is 24.2 Å². The standard InChI is InChI=1S/C36H71O10P/c1-5-31(3)23-19-15-11-7-9-13-17-21-25-35(39)43-29-34(30-45-47(41,42)44-28-33(38)27-37)46-36(40)26-22-18-14-10-8-12-16-20-24-32(4)6-2/h31-34,37-38H,5-30H2,1-4H3,(H,41,42)/t31?,32?,33-,34+/m0/s1. The summed E-state index contributed by atoms with van der Waals surface area (Å²) >= 11 is 0. The highest BCUT2D eigenvalue weighted by molar-refractivity contribution is 7.47. The highest BCUT2D eigenvalue weighted by Gasteiger charge is 2.27. The van der Waals surface area contributed by atoms with Crippen LogP contribution in [0.1, 0.15) is 169 Å². The van der Waals surface area contributed by atoms with Gasteiger partial charge < -0.3 is 24.6 Å². The maximum absolute atomic E-state index is 12.5. The van der Waals surface area contributed by atoms with Gasteiger partial charge in [-0.2, -0.15) is 0 Å². The molecule has 0 aromatic carbocycles. The average Bonchev–Trinajstić information content (AvgIpc) is 3.06. The molecule has 0 saturated carbocycles. The molecule has 0 aliphatic carbocycles. The zero-order chi connectivity index (χ0) is 35.2. The number of carbonyl (C=O) groups is 2. The predicted octanol–water partition coefficient (Wildman–Crippen LogP) is 8.82. The highest BCUT2D eigenvalue weighted by atomic mass is 31.2. The van der Waals surface area contributed by atoms with E-state index in [0.29, 0.717) is 12.8 Å². The van der Waals surface area contributed by atoms with Crippen LogP contribution in [0.4, 0.5) is 0 Å². The van der Waals surface area contributed by atoms with Crippen molar-refractivity contribution < 1.29 is 47.8 Å². The highest BCUT2D eigenvalue weighted by Crippen LogP contribution is 2.43. The Balaban J connectivity index is 4.40. The van der Waals surface area contributed by atoms with Gasteiger partial charge in [0.1, 0.15) is 12.7 Å². The minimum atomic E-state index is -4.60. The van der Waals surface area contributed by atoms with E-state index < -0.39 is 51.8 Å². The van der Waals surface area contributed by atoms with Crippen molar-refractivity contribution in [1.82, 2.24) is 0 Å². The second-order valence-corrected chi connectivity index (χ2v) is 14.9. The fourth-order valence-corrected chi connectivity index (χ4v) is 5.91. The van der Waals surface area contributed by atoms with E-state index in [0.717, 1.165) is 50.4 Å². The molecule has 11 heteroatoms. The number of unbranched alkanes of at least 4 members (excludes halogenated alkanes) is 14. The van der Waals surface area contributed by atoms with Crippen molar-refractivity contribution in [1.29, 1.82) is 0 Å². The zero-order valence-electron chi connectivity index (χ0n) is 30.3. The number of carbonyl (C=O) groups excluding carboxylic acids is 2. The monoisotopic (exact) mass is 694 g/mol. The quantitative estimate of drug-likeness (QED) is 0.0339. The van der Waals surface area contributed by atoms with Crippen LogP contribution in [-0.4, -0.2) is 65.7 Å². The Morgan fingerprint density at radius 2 is 1.02 bits per heavy atom. The molecule has 5 atom stereocenters. The third-order valence-corrected chi connectivity index (χ3v) is 9.79. The van der Waals surface area contributed by atoms with Crippen molar-refractivity contribution in [3.63, 3.8) is 0 Å². The van der Waals surface area contributed by atoms with E-state index in [-0.39, 0.29) is 19.4 Å². The molecule has 0 bridgehead atoms. The number of aliphatic hydroxyl groups excluding tert-OH is 2. The van der Waals surface area contributed by atoms with Gasteiger partial charge in [-0.25, -0.2) is 4.57 Å². The Morgan fingerprint density at radius 3 is 1.47 bits per heavy atom. The fraction of sp³-hybridized carbons (Fsp3) is 0.944. The van der Waals surface area contributed by atoms with E-state index in [2.05, 4.69) is 32.2 Å². The van der Waals surface area contributed by atoms with Crippen LogP contribution >= 0.6 is 7.82 Å². The Morgan fingerprint density at radius 1 is 0.617 bits per heavy atom. The molecule has 280 valence electrons. The first-order valence-electron chi connectivity index (χ1n) is 18.8. The molecule has 0 spiro atoms. The van der Waals surface area contributed by atoms with Crippen LogP contribution in [0.3, 0.4) is 0 Å². The number of phosphoric acid groups is 1. The summed E-state index contributed by atoms with van der Waals surface area (Å²) in [6.07, 6.45) is 20.8. The van der Waals surface area contributed by atoms with Gasteiger partial charge in [-0.1, -0.05) is 143 Å². The molecule has 0 aliphatic heterocycles. The lowest BCUT2D eigenvalue weighted by Crippen LogP contribution is -2.29. The van der Waals surface area contributed by atoms with E-state index >= 15 is 0 Å². The number of hydrogen-bond acceptors (Lipinski definition) is 9. The summed E-state index contributed by atoms with van der Waals surface area (Å²) in [6.45, 7) is 7.00. The number of ether oxygens (including phenoxy) is 2. The SMILES string of the molecule is CCC(C)CCCCCCCCCCC(=O)OC[C@H](COP(=O)(O)OC[C@@H](O)CO)OC(=O)CCCCCCCCCCC(C)CC. The molecule has 0 fully saturated rings. The number of rotatable bonds is 34. The van der Waals surface area contributed by atoms with Gasteiger partial charge in [0.15, 0.2) is 6.10 Å². The van der Waals surface area contributed by atoms with Crippen LogP contribution < -0.4 is 0 Å². The molecule has 0 aromatic heterocycles. The minimum Gasteiger partial charge on any atom is -0.462 e. The summed E-state index contributed by atoms with van der Waals surface area (Å²) in [5, 5.41) is 18.2. The number of hydrogen-bond donors (Lipinski definition) is 3. The van der Waals surface area contributed by atoms with E-state index in [1.54, 1.807) is 0 Å². The molecule has 10 nitrogen and oxygen atoms in total. The van der Waals surface area contributed by atoms with Crippen LogP contribution in [-0.2, 0) is 32.7 Å². The Hall–Kier alpha value is -1.03. The predicted molar refractivity (Wildman–Crippen MR) is 187 cm³/mol. The Bertz CT molecular complexity index is 796. The van der Waals surface area contributed by atoms with Crippen LogP contribution in [0.15, 0.2) is 0 Å². The van der Waals surface area contributed by atoms with Crippen LogP contribution in [0, 0.1) is 11.8 Å². The van der Waals surface area contributed by atoms with Crippen LogP contribution in [0.25, 0.3) is 0 Å². The lowest BCUT2D eigenvalue weighted by Gasteiger charge is -2.20. The molecule has 47 heavy (non-hydrogen) atoms. The van der Waals surface area contributed by atoms with Gasteiger partial charge in [-0.3, -0.25) is 18.6 Å². The first-order valence-corrected chi connectivity index (χ1v) is 20.3. The third kappa shape index (κ3) is 30.7. The summed E-state index contributed by atoms with van der Waals surface area (Å²) in [7, 11) is -4.60. The molecule has 0 radical (unpaired) electrons. The molecule has 0 aromatic rings. The van der Waals surface area contributed by atoms with Crippen LogP contribution in [0.5, 0.6) is 0 Å². The van der Waals surface area contributed by atoms with E-state index in [4.69, 9.17) is 19.1 Å². The van der Waals surface area contributed by atoms with Crippen LogP contribution in [0.2, 0.25) is 0 Å². The summed E-state index contributed by atoms with van der Waals surface area (Å²) in [4.78, 5) is 34.8. The van der Waals surface area contributed by atoms with Crippen molar-refractivity contribution in [3.8, 4) is 0 Å². The van der Waals surface area contributed by atoms with Crippen molar-refractivity contribution in [2.75, 3.05) is 26.4 Å². The largest absolute Gasteiger partial charge is 0.472 e. The Kier molecular flexibility index (Phi) is 30.3. The topological polar surface area (TPSA) is 149 Å². The second kappa shape index (κ2) is 31.0. The number of aliphatic hydroxyl groups is 2. The molecule has 0 rings (SSSR count). The summed E-state index contributed by atoms with van der Waals surface area (Å²) < 4.78 is 32.5. The van der Waals surface area contributed by atoms with Crippen molar-refractivity contribution >= 4 is 19.8 Å². The number of phosphoric ester groups is 1. The van der Waals surface area contributed by atoms with Crippen molar-refractivity contribution in [3.05, 3.63) is 0 Å². The summed E-state index contributed by atoms with van der Waals surface area (Å²) in [5.41, 5.74) is 0. The average molecular weight is 695 g/mol.